The Morgan fingerprint density at radius 3 is 2.58 bits per heavy atom. The number of aryl methyl sites for hydroxylation is 1. The Balaban J connectivity index is 2.06. The topological polar surface area (TPSA) is 55.6 Å². The molecule has 5 heteroatoms. The highest BCUT2D eigenvalue weighted by Crippen LogP contribution is 2.23. The molecule has 0 radical (unpaired) electrons. The standard InChI is InChI=1S/C14H15N5/c1-15-14(11-8-18-19(2)9-11)10-3-4-12-13(7-10)17-6-5-16-12/h3-9,14-15H,1-2H3. The van der Waals surface area contributed by atoms with Crippen LogP contribution in [-0.4, -0.2) is 26.8 Å². The third-order valence-corrected chi connectivity index (χ3v) is 3.17. The third-order valence-electron chi connectivity index (χ3n) is 3.17. The quantitative estimate of drug-likeness (QED) is 0.771. The summed E-state index contributed by atoms with van der Waals surface area (Å²) in [5.41, 5.74) is 4.10. The van der Waals surface area contributed by atoms with Gasteiger partial charge in [0.25, 0.3) is 0 Å². The maximum Gasteiger partial charge on any atom is 0.0890 e. The van der Waals surface area contributed by atoms with E-state index in [1.54, 1.807) is 17.1 Å². The fourth-order valence-electron chi connectivity index (χ4n) is 2.27. The molecule has 0 fully saturated rings. The molecule has 0 amide bonds. The second-order valence-electron chi connectivity index (χ2n) is 4.47. The Bertz CT molecular complexity index is 704. The van der Waals surface area contributed by atoms with Crippen molar-refractivity contribution in [3.8, 4) is 0 Å². The summed E-state index contributed by atoms with van der Waals surface area (Å²) in [6.45, 7) is 0. The van der Waals surface area contributed by atoms with Crippen LogP contribution in [0.25, 0.3) is 11.0 Å². The number of rotatable bonds is 3. The predicted molar refractivity (Wildman–Crippen MR) is 73.6 cm³/mol. The first kappa shape index (κ1) is 11.8. The van der Waals surface area contributed by atoms with Crippen LogP contribution in [0.3, 0.4) is 0 Å². The van der Waals surface area contributed by atoms with Gasteiger partial charge >= 0.3 is 0 Å². The molecule has 0 saturated carbocycles. The zero-order chi connectivity index (χ0) is 13.2. The molecule has 1 unspecified atom stereocenters. The average Bonchev–Trinajstić information content (AvgIpc) is 2.86. The Morgan fingerprint density at radius 1 is 1.11 bits per heavy atom. The lowest BCUT2D eigenvalue weighted by molar-refractivity contribution is 0.690. The minimum atomic E-state index is 0.111. The number of fused-ring (bicyclic) bond motifs is 1. The van der Waals surface area contributed by atoms with E-state index in [-0.39, 0.29) is 6.04 Å². The van der Waals surface area contributed by atoms with Gasteiger partial charge < -0.3 is 5.32 Å². The fraction of sp³-hybridized carbons (Fsp3) is 0.214. The average molecular weight is 253 g/mol. The van der Waals surface area contributed by atoms with Gasteiger partial charge in [0.2, 0.25) is 0 Å². The zero-order valence-corrected chi connectivity index (χ0v) is 10.9. The highest BCUT2D eigenvalue weighted by Gasteiger charge is 2.14. The molecule has 1 N–H and O–H groups in total. The Labute approximate surface area is 111 Å². The van der Waals surface area contributed by atoms with Crippen molar-refractivity contribution in [3.63, 3.8) is 0 Å². The van der Waals surface area contributed by atoms with E-state index in [0.29, 0.717) is 0 Å². The summed E-state index contributed by atoms with van der Waals surface area (Å²) >= 11 is 0. The molecular formula is C14H15N5. The van der Waals surface area contributed by atoms with Gasteiger partial charge in [0.1, 0.15) is 0 Å². The summed E-state index contributed by atoms with van der Waals surface area (Å²) in [4.78, 5) is 8.63. The summed E-state index contributed by atoms with van der Waals surface area (Å²) in [5.74, 6) is 0. The van der Waals surface area contributed by atoms with Crippen molar-refractivity contribution in [3.05, 3.63) is 54.1 Å². The van der Waals surface area contributed by atoms with Gasteiger partial charge in [-0.05, 0) is 24.7 Å². The van der Waals surface area contributed by atoms with Crippen LogP contribution in [-0.2, 0) is 7.05 Å². The van der Waals surface area contributed by atoms with E-state index < -0.39 is 0 Å². The van der Waals surface area contributed by atoms with Gasteiger partial charge in [0.05, 0.1) is 23.3 Å². The summed E-state index contributed by atoms with van der Waals surface area (Å²) in [6.07, 6.45) is 7.31. The lowest BCUT2D eigenvalue weighted by Gasteiger charge is -2.15. The molecule has 2 aromatic heterocycles. The maximum atomic E-state index is 4.35. The number of nitrogens with zero attached hydrogens (tertiary/aromatic N) is 4. The van der Waals surface area contributed by atoms with Crippen molar-refractivity contribution in [1.82, 2.24) is 25.1 Å². The minimum absolute atomic E-state index is 0.111. The first-order chi connectivity index (χ1) is 9.28. The van der Waals surface area contributed by atoms with E-state index in [0.717, 1.165) is 22.2 Å². The van der Waals surface area contributed by atoms with Crippen LogP contribution in [0, 0.1) is 0 Å². The third kappa shape index (κ3) is 2.20. The van der Waals surface area contributed by atoms with Gasteiger partial charge in [-0.3, -0.25) is 14.6 Å². The van der Waals surface area contributed by atoms with E-state index in [9.17, 15) is 0 Å². The van der Waals surface area contributed by atoms with Crippen molar-refractivity contribution in [2.75, 3.05) is 7.05 Å². The molecular weight excluding hydrogens is 238 g/mol. The van der Waals surface area contributed by atoms with Crippen LogP contribution in [0.15, 0.2) is 43.0 Å². The number of hydrogen-bond donors (Lipinski definition) is 1. The Morgan fingerprint density at radius 2 is 1.89 bits per heavy atom. The van der Waals surface area contributed by atoms with Gasteiger partial charge in [0, 0.05) is 31.2 Å². The molecule has 0 aliphatic rings. The number of aromatic nitrogens is 4. The number of benzene rings is 1. The largest absolute Gasteiger partial charge is 0.309 e. The molecule has 5 nitrogen and oxygen atoms in total. The molecule has 1 atom stereocenters. The molecule has 0 bridgehead atoms. The fourth-order valence-corrected chi connectivity index (χ4v) is 2.27. The highest BCUT2D eigenvalue weighted by atomic mass is 15.2. The van der Waals surface area contributed by atoms with E-state index in [1.165, 1.54) is 0 Å². The van der Waals surface area contributed by atoms with Crippen LogP contribution in [0.1, 0.15) is 17.2 Å². The Kier molecular flexibility index (Phi) is 2.97. The molecule has 3 aromatic rings. The van der Waals surface area contributed by atoms with Crippen LogP contribution in [0.2, 0.25) is 0 Å². The lowest BCUT2D eigenvalue weighted by Crippen LogP contribution is -2.17. The highest BCUT2D eigenvalue weighted by molar-refractivity contribution is 5.74. The van der Waals surface area contributed by atoms with Crippen molar-refractivity contribution in [2.45, 2.75) is 6.04 Å². The summed E-state index contributed by atoms with van der Waals surface area (Å²) < 4.78 is 1.81. The SMILES string of the molecule is CNC(c1ccc2nccnc2c1)c1cnn(C)c1. The van der Waals surface area contributed by atoms with Gasteiger partial charge in [-0.15, -0.1) is 0 Å². The summed E-state index contributed by atoms with van der Waals surface area (Å²) in [5, 5.41) is 7.53. The van der Waals surface area contributed by atoms with Gasteiger partial charge in [-0.25, -0.2) is 0 Å². The van der Waals surface area contributed by atoms with Crippen molar-refractivity contribution >= 4 is 11.0 Å². The minimum Gasteiger partial charge on any atom is -0.309 e. The van der Waals surface area contributed by atoms with Crippen LogP contribution in [0.5, 0.6) is 0 Å². The van der Waals surface area contributed by atoms with Crippen molar-refractivity contribution in [2.24, 2.45) is 7.05 Å². The first-order valence-corrected chi connectivity index (χ1v) is 6.14. The Hall–Kier alpha value is -2.27. The second-order valence-corrected chi connectivity index (χ2v) is 4.47. The second kappa shape index (κ2) is 4.78. The van der Waals surface area contributed by atoms with Crippen molar-refractivity contribution < 1.29 is 0 Å². The lowest BCUT2D eigenvalue weighted by atomic mass is 10.0. The molecule has 96 valence electrons. The van der Waals surface area contributed by atoms with Crippen LogP contribution < -0.4 is 5.32 Å². The summed E-state index contributed by atoms with van der Waals surface area (Å²) in [6, 6.07) is 6.25. The smallest absolute Gasteiger partial charge is 0.0890 e. The number of hydrogen-bond acceptors (Lipinski definition) is 4. The van der Waals surface area contributed by atoms with E-state index in [1.807, 2.05) is 32.6 Å². The molecule has 3 rings (SSSR count). The predicted octanol–water partition coefficient (Wildman–Crippen LogP) is 1.67. The number of nitrogens with one attached hydrogen (secondary N) is 1. The summed E-state index contributed by atoms with van der Waals surface area (Å²) in [7, 11) is 3.86. The van der Waals surface area contributed by atoms with Gasteiger partial charge in [-0.1, -0.05) is 6.07 Å². The first-order valence-electron chi connectivity index (χ1n) is 6.14. The van der Waals surface area contributed by atoms with Crippen molar-refractivity contribution in [1.29, 1.82) is 0 Å². The molecule has 0 spiro atoms. The van der Waals surface area contributed by atoms with Gasteiger partial charge in [0.15, 0.2) is 0 Å². The molecule has 1 aromatic carbocycles. The van der Waals surface area contributed by atoms with Crippen LogP contribution >= 0.6 is 0 Å². The molecule has 19 heavy (non-hydrogen) atoms. The van der Waals surface area contributed by atoms with Crippen LogP contribution in [0.4, 0.5) is 0 Å². The zero-order valence-electron chi connectivity index (χ0n) is 10.9. The molecule has 0 aliphatic heterocycles. The van der Waals surface area contributed by atoms with E-state index in [2.05, 4.69) is 32.5 Å². The molecule has 0 aliphatic carbocycles. The molecule has 0 saturated heterocycles. The normalized spacial score (nSPS) is 12.7. The monoisotopic (exact) mass is 253 g/mol. The molecule has 2 heterocycles. The maximum absolute atomic E-state index is 4.35. The van der Waals surface area contributed by atoms with E-state index >= 15 is 0 Å². The van der Waals surface area contributed by atoms with Gasteiger partial charge in [-0.2, -0.15) is 5.10 Å². The van der Waals surface area contributed by atoms with E-state index in [4.69, 9.17) is 0 Å².